The topological polar surface area (TPSA) is 103 Å². The molecule has 0 aliphatic rings. The third kappa shape index (κ3) is 4.83. The molecular weight excluding hydrogens is 294 g/mol. The van der Waals surface area contributed by atoms with Gasteiger partial charge in [0, 0.05) is 25.9 Å². The number of carbonyl (C=O) groups excluding carboxylic acids is 1. The first-order valence-electron chi connectivity index (χ1n) is 6.86. The Kier molecular flexibility index (Phi) is 6.38. The van der Waals surface area contributed by atoms with Crippen LogP contribution < -0.4 is 10.5 Å². The molecule has 0 bridgehead atoms. The number of sulfonamides is 1. The number of hydrogen-bond donors (Lipinski definition) is 2. The van der Waals surface area contributed by atoms with E-state index in [2.05, 4.69) is 5.32 Å². The van der Waals surface area contributed by atoms with Crippen molar-refractivity contribution in [1.82, 2.24) is 9.88 Å². The van der Waals surface area contributed by atoms with Crippen molar-refractivity contribution < 1.29 is 17.9 Å². The van der Waals surface area contributed by atoms with Gasteiger partial charge in [-0.3, -0.25) is 4.79 Å². The molecule has 0 aliphatic carbocycles. The SMILES string of the molecule is CCC(CC)NC(=O)c1cc(S(N)(=O)=O)cn1CCOC. The number of carbonyl (C=O) groups is 1. The van der Waals surface area contributed by atoms with Crippen molar-refractivity contribution in [3.63, 3.8) is 0 Å². The van der Waals surface area contributed by atoms with Crippen LogP contribution in [0.2, 0.25) is 0 Å². The number of primary sulfonamides is 1. The zero-order valence-corrected chi connectivity index (χ0v) is 13.4. The van der Waals surface area contributed by atoms with Crippen LogP contribution in [0.4, 0.5) is 0 Å². The average Bonchev–Trinajstić information content (AvgIpc) is 2.86. The predicted octanol–water partition coefficient (Wildman–Crippen LogP) is 0.700. The Hall–Kier alpha value is -1.38. The predicted molar refractivity (Wildman–Crippen MR) is 79.5 cm³/mol. The van der Waals surface area contributed by atoms with Crippen LogP contribution in [-0.4, -0.2) is 38.7 Å². The van der Waals surface area contributed by atoms with Crippen molar-refractivity contribution >= 4 is 15.9 Å². The van der Waals surface area contributed by atoms with Gasteiger partial charge in [0.2, 0.25) is 10.0 Å². The fraction of sp³-hybridized carbons (Fsp3) is 0.615. The summed E-state index contributed by atoms with van der Waals surface area (Å²) in [5.74, 6) is -0.310. The first-order chi connectivity index (χ1) is 9.83. The normalized spacial score (nSPS) is 11.9. The van der Waals surface area contributed by atoms with E-state index in [4.69, 9.17) is 9.88 Å². The molecule has 7 nitrogen and oxygen atoms in total. The lowest BCUT2D eigenvalue weighted by Crippen LogP contribution is -2.35. The molecule has 8 heteroatoms. The minimum Gasteiger partial charge on any atom is -0.383 e. The van der Waals surface area contributed by atoms with E-state index in [-0.39, 0.29) is 22.5 Å². The van der Waals surface area contributed by atoms with E-state index < -0.39 is 10.0 Å². The number of aromatic nitrogens is 1. The molecule has 0 spiro atoms. The summed E-state index contributed by atoms with van der Waals surface area (Å²) in [6.07, 6.45) is 2.97. The van der Waals surface area contributed by atoms with Gasteiger partial charge >= 0.3 is 0 Å². The van der Waals surface area contributed by atoms with Crippen LogP contribution in [0.1, 0.15) is 37.2 Å². The lowest BCUT2D eigenvalue weighted by molar-refractivity contribution is 0.0922. The molecule has 0 aromatic carbocycles. The molecule has 0 unspecified atom stereocenters. The van der Waals surface area contributed by atoms with Crippen LogP contribution in [-0.2, 0) is 21.3 Å². The molecule has 0 aliphatic heterocycles. The second-order valence-corrected chi connectivity index (χ2v) is 6.34. The van der Waals surface area contributed by atoms with Crippen molar-refractivity contribution in [2.75, 3.05) is 13.7 Å². The lowest BCUT2D eigenvalue weighted by atomic mass is 10.1. The molecule has 1 aromatic heterocycles. The minimum absolute atomic E-state index is 0.0567. The Morgan fingerprint density at radius 1 is 1.43 bits per heavy atom. The summed E-state index contributed by atoms with van der Waals surface area (Å²) in [4.78, 5) is 12.2. The van der Waals surface area contributed by atoms with Gasteiger partial charge in [-0.2, -0.15) is 0 Å². The van der Waals surface area contributed by atoms with E-state index in [0.717, 1.165) is 12.8 Å². The van der Waals surface area contributed by atoms with Crippen LogP contribution in [0.3, 0.4) is 0 Å². The van der Waals surface area contributed by atoms with E-state index in [1.54, 1.807) is 4.57 Å². The first-order valence-corrected chi connectivity index (χ1v) is 8.40. The lowest BCUT2D eigenvalue weighted by Gasteiger charge is -2.15. The Balaban J connectivity index is 3.07. The van der Waals surface area contributed by atoms with Crippen LogP contribution in [0.25, 0.3) is 0 Å². The largest absolute Gasteiger partial charge is 0.383 e. The van der Waals surface area contributed by atoms with Gasteiger partial charge in [0.05, 0.1) is 6.61 Å². The summed E-state index contributed by atoms with van der Waals surface area (Å²) < 4.78 is 29.4. The zero-order chi connectivity index (χ0) is 16.0. The summed E-state index contributed by atoms with van der Waals surface area (Å²) in [6, 6.07) is 1.35. The number of nitrogens with two attached hydrogens (primary N) is 1. The Labute approximate surface area is 125 Å². The molecule has 0 atom stereocenters. The molecule has 0 fully saturated rings. The maximum absolute atomic E-state index is 12.3. The summed E-state index contributed by atoms with van der Waals surface area (Å²) >= 11 is 0. The summed E-state index contributed by atoms with van der Waals surface area (Å²) in [5.41, 5.74) is 0.267. The summed E-state index contributed by atoms with van der Waals surface area (Å²) in [5, 5.41) is 8.00. The minimum atomic E-state index is -3.84. The molecule has 0 radical (unpaired) electrons. The summed E-state index contributed by atoms with van der Waals surface area (Å²) in [7, 11) is -2.31. The highest BCUT2D eigenvalue weighted by Crippen LogP contribution is 2.14. The molecular formula is C13H23N3O4S. The van der Waals surface area contributed by atoms with Crippen LogP contribution in [0, 0.1) is 0 Å². The van der Waals surface area contributed by atoms with Gasteiger partial charge in [0.25, 0.3) is 5.91 Å². The van der Waals surface area contributed by atoms with Crippen molar-refractivity contribution in [1.29, 1.82) is 0 Å². The molecule has 0 saturated heterocycles. The van der Waals surface area contributed by atoms with Crippen molar-refractivity contribution in [2.24, 2.45) is 5.14 Å². The van der Waals surface area contributed by atoms with Gasteiger partial charge in [-0.25, -0.2) is 13.6 Å². The van der Waals surface area contributed by atoms with Crippen molar-refractivity contribution in [2.45, 2.75) is 44.2 Å². The number of nitrogens with zero attached hydrogens (tertiary/aromatic N) is 1. The highest BCUT2D eigenvalue weighted by molar-refractivity contribution is 7.89. The first kappa shape index (κ1) is 17.7. The zero-order valence-electron chi connectivity index (χ0n) is 12.6. The monoisotopic (exact) mass is 317 g/mol. The van der Waals surface area contributed by atoms with Crippen LogP contribution >= 0.6 is 0 Å². The van der Waals surface area contributed by atoms with Gasteiger partial charge in [-0.1, -0.05) is 13.8 Å². The van der Waals surface area contributed by atoms with E-state index in [9.17, 15) is 13.2 Å². The van der Waals surface area contributed by atoms with Gasteiger partial charge in [0.15, 0.2) is 0 Å². The molecule has 0 saturated carbocycles. The average molecular weight is 317 g/mol. The smallest absolute Gasteiger partial charge is 0.268 e. The Morgan fingerprint density at radius 3 is 2.52 bits per heavy atom. The molecule has 1 amide bonds. The van der Waals surface area contributed by atoms with E-state index in [1.165, 1.54) is 19.4 Å². The molecule has 1 rings (SSSR count). The molecule has 1 aromatic rings. The number of ether oxygens (including phenoxy) is 1. The second kappa shape index (κ2) is 7.58. The Morgan fingerprint density at radius 2 is 2.05 bits per heavy atom. The van der Waals surface area contributed by atoms with Gasteiger partial charge < -0.3 is 14.6 Å². The van der Waals surface area contributed by atoms with Crippen molar-refractivity contribution in [3.05, 3.63) is 18.0 Å². The highest BCUT2D eigenvalue weighted by Gasteiger charge is 2.20. The second-order valence-electron chi connectivity index (χ2n) is 4.78. The number of nitrogens with one attached hydrogen (secondary N) is 1. The number of rotatable bonds is 8. The van der Waals surface area contributed by atoms with Crippen LogP contribution in [0.15, 0.2) is 17.2 Å². The van der Waals surface area contributed by atoms with Crippen molar-refractivity contribution in [3.8, 4) is 0 Å². The maximum atomic E-state index is 12.3. The quantitative estimate of drug-likeness (QED) is 0.736. The number of hydrogen-bond acceptors (Lipinski definition) is 4. The highest BCUT2D eigenvalue weighted by atomic mass is 32.2. The van der Waals surface area contributed by atoms with Gasteiger partial charge in [-0.05, 0) is 18.9 Å². The van der Waals surface area contributed by atoms with E-state index in [0.29, 0.717) is 13.2 Å². The molecule has 21 heavy (non-hydrogen) atoms. The van der Waals surface area contributed by atoms with Gasteiger partial charge in [0.1, 0.15) is 10.6 Å². The summed E-state index contributed by atoms with van der Waals surface area (Å²) in [6.45, 7) is 4.70. The number of amides is 1. The van der Waals surface area contributed by atoms with E-state index in [1.807, 2.05) is 13.8 Å². The number of methoxy groups -OCH3 is 1. The third-order valence-electron chi connectivity index (χ3n) is 3.29. The van der Waals surface area contributed by atoms with Crippen LogP contribution in [0.5, 0.6) is 0 Å². The van der Waals surface area contributed by atoms with E-state index >= 15 is 0 Å². The molecule has 1 heterocycles. The molecule has 120 valence electrons. The third-order valence-corrected chi connectivity index (χ3v) is 4.17. The fourth-order valence-electron chi connectivity index (χ4n) is 1.96. The Bertz CT molecular complexity index is 576. The molecule has 3 N–H and O–H groups in total. The van der Waals surface area contributed by atoms with Gasteiger partial charge in [-0.15, -0.1) is 0 Å². The standard InChI is InChI=1S/C13H23N3O4S/c1-4-10(5-2)15-13(17)12-8-11(21(14,18)19)9-16(12)6-7-20-3/h8-10H,4-7H2,1-3H3,(H,15,17)(H2,14,18,19). The maximum Gasteiger partial charge on any atom is 0.268 e. The fourth-order valence-corrected chi connectivity index (χ4v) is 2.51.